The van der Waals surface area contributed by atoms with E-state index in [4.69, 9.17) is 18.9 Å². The maximum atomic E-state index is 15.6. The molecule has 0 saturated carbocycles. The minimum atomic E-state index is -0.983. The van der Waals surface area contributed by atoms with Gasteiger partial charge in [0.05, 0.1) is 25.0 Å². The van der Waals surface area contributed by atoms with E-state index in [1.165, 1.54) is 12.1 Å². The van der Waals surface area contributed by atoms with Crippen LogP contribution in [0.2, 0.25) is 0 Å². The summed E-state index contributed by atoms with van der Waals surface area (Å²) in [5.74, 6) is -1.04. The summed E-state index contributed by atoms with van der Waals surface area (Å²) in [4.78, 5) is 3.88. The molecule has 0 aromatic heterocycles. The average Bonchev–Trinajstić information content (AvgIpc) is 1.54. The molecular formula is C82H60F4N2O4. The monoisotopic (exact) mass is 1210 g/mol. The van der Waals surface area contributed by atoms with Gasteiger partial charge in [0.15, 0.2) is 23.3 Å². The number of methoxy groups -OCH3 is 2. The number of halogens is 4. The van der Waals surface area contributed by atoms with Gasteiger partial charge in [-0.15, -0.1) is 0 Å². The Hall–Kier alpha value is -11.4. The normalized spacial score (nSPS) is 14.9. The van der Waals surface area contributed by atoms with Gasteiger partial charge in [0.25, 0.3) is 0 Å². The van der Waals surface area contributed by atoms with Gasteiger partial charge in [-0.3, -0.25) is 0 Å². The van der Waals surface area contributed by atoms with Gasteiger partial charge in [0, 0.05) is 46.3 Å². The fourth-order valence-corrected chi connectivity index (χ4v) is 13.7. The Morgan fingerprint density at radius 2 is 0.620 bits per heavy atom. The smallest absolute Gasteiger partial charge is 0.160 e. The number of ether oxygens (including phenoxy) is 4. The van der Waals surface area contributed by atoms with E-state index in [9.17, 15) is 8.78 Å². The first-order chi connectivity index (χ1) is 45.0. The van der Waals surface area contributed by atoms with Crippen LogP contribution in [0.15, 0.2) is 292 Å². The molecule has 12 aromatic rings. The molecule has 14 rings (SSSR count). The van der Waals surface area contributed by atoms with Crippen LogP contribution in [0.4, 0.5) is 51.7 Å². The van der Waals surface area contributed by atoms with Crippen LogP contribution in [0, 0.1) is 23.3 Å². The van der Waals surface area contributed by atoms with E-state index in [2.05, 4.69) is 122 Å². The number of nitrogens with zero attached hydrogens (tertiary/aromatic N) is 2. The second-order valence-corrected chi connectivity index (χ2v) is 22.7. The molecule has 6 nitrogen and oxygen atoms in total. The quantitative estimate of drug-likeness (QED) is 0.0594. The first-order valence-corrected chi connectivity index (χ1v) is 30.2. The van der Waals surface area contributed by atoms with Crippen molar-refractivity contribution in [2.75, 3.05) is 37.2 Å². The fraction of sp³-hybridized carbons (Fsp3) is 0.0732. The summed E-state index contributed by atoms with van der Waals surface area (Å²) in [5.41, 5.74) is 16.0. The molecule has 0 amide bonds. The summed E-state index contributed by atoms with van der Waals surface area (Å²) in [6.07, 6.45) is 3.43. The number of hydrogen-bond acceptors (Lipinski definition) is 6. The lowest BCUT2D eigenvalue weighted by atomic mass is 9.67. The number of rotatable bonds is 19. The van der Waals surface area contributed by atoms with Crippen LogP contribution < -0.4 is 28.7 Å². The molecule has 0 N–H and O–H groups in total. The third-order valence-electron chi connectivity index (χ3n) is 17.8. The molecule has 0 heterocycles. The van der Waals surface area contributed by atoms with Gasteiger partial charge in [0.2, 0.25) is 0 Å². The third kappa shape index (κ3) is 9.92. The lowest BCUT2D eigenvalue weighted by molar-refractivity contribution is 0.363. The van der Waals surface area contributed by atoms with E-state index in [-0.39, 0.29) is 0 Å². The Bertz CT molecular complexity index is 4450. The zero-order valence-corrected chi connectivity index (χ0v) is 50.4. The van der Waals surface area contributed by atoms with Crippen molar-refractivity contribution in [2.45, 2.75) is 10.8 Å². The van der Waals surface area contributed by atoms with Crippen molar-refractivity contribution >= 4 is 34.1 Å². The summed E-state index contributed by atoms with van der Waals surface area (Å²) < 4.78 is 84.4. The second kappa shape index (κ2) is 24.2. The Kier molecular flexibility index (Phi) is 15.3. The van der Waals surface area contributed by atoms with Crippen molar-refractivity contribution in [3.63, 3.8) is 0 Å². The molecule has 0 aliphatic heterocycles. The van der Waals surface area contributed by atoms with Crippen molar-refractivity contribution in [2.24, 2.45) is 0 Å². The molecule has 2 atom stereocenters. The van der Waals surface area contributed by atoms with Crippen LogP contribution in [-0.4, -0.2) is 27.4 Å². The highest BCUT2D eigenvalue weighted by Gasteiger charge is 2.48. The minimum Gasteiger partial charge on any atom is -0.497 e. The van der Waals surface area contributed by atoms with Crippen LogP contribution in [0.1, 0.15) is 44.5 Å². The molecule has 0 radical (unpaired) electrons. The maximum Gasteiger partial charge on any atom is 0.160 e. The standard InChI is InChI=1S/C82H60F4N2O4/c1-5-47-91-67-39-23-57(24-40-67)81(55-19-35-65(89-3)36-20-55)73-13-9-7-11-69(73)71-43-31-61(49-75(71)81)87(63-33-45-77(83)79(85)51-63)59-27-15-53(16-28-59)54-17-29-60(30-18-54)88(64-34-46-78(84)80(86)52-64)62-32-44-72-70-12-8-10-14-74(70)82(76(72)50-62,56-21-37-66(90-4)38-22-56)58-25-41-68(42-26-58)92-48-6-2/h5-46,49-52H,1-2,47-48H2,3-4H3. The van der Waals surface area contributed by atoms with E-state index >= 15 is 8.78 Å². The van der Waals surface area contributed by atoms with E-state index in [1.54, 1.807) is 38.5 Å². The summed E-state index contributed by atoms with van der Waals surface area (Å²) in [6.45, 7) is 8.38. The maximum absolute atomic E-state index is 15.6. The average molecular weight is 1210 g/mol. The fourth-order valence-electron chi connectivity index (χ4n) is 13.7. The van der Waals surface area contributed by atoms with Crippen molar-refractivity contribution in [3.05, 3.63) is 360 Å². The van der Waals surface area contributed by atoms with E-state index in [0.29, 0.717) is 58.8 Å². The predicted molar refractivity (Wildman–Crippen MR) is 360 cm³/mol. The van der Waals surface area contributed by atoms with Crippen molar-refractivity contribution < 1.29 is 36.5 Å². The van der Waals surface area contributed by atoms with Crippen LogP contribution >= 0.6 is 0 Å². The summed E-state index contributed by atoms with van der Waals surface area (Å²) in [6, 6.07) is 85.8. The minimum absolute atomic E-state index is 0.360. The topological polar surface area (TPSA) is 43.4 Å². The van der Waals surface area contributed by atoms with Crippen LogP contribution in [-0.2, 0) is 10.8 Å². The van der Waals surface area contributed by atoms with Gasteiger partial charge in [-0.05, 0) is 199 Å². The summed E-state index contributed by atoms with van der Waals surface area (Å²) in [7, 11) is 3.30. The zero-order chi connectivity index (χ0) is 63.1. The zero-order valence-electron chi connectivity index (χ0n) is 50.4. The van der Waals surface area contributed by atoms with Crippen LogP contribution in [0.5, 0.6) is 23.0 Å². The Balaban J connectivity index is 0.864. The van der Waals surface area contributed by atoms with E-state index in [0.717, 1.165) is 102 Å². The van der Waals surface area contributed by atoms with Crippen LogP contribution in [0.25, 0.3) is 33.4 Å². The molecule has 92 heavy (non-hydrogen) atoms. The molecule has 0 spiro atoms. The highest BCUT2D eigenvalue weighted by molar-refractivity contribution is 5.92. The molecule has 450 valence electrons. The Morgan fingerprint density at radius 3 is 0.957 bits per heavy atom. The van der Waals surface area contributed by atoms with Crippen LogP contribution in [0.3, 0.4) is 0 Å². The first kappa shape index (κ1) is 58.3. The summed E-state index contributed by atoms with van der Waals surface area (Å²) in [5, 5.41) is 0. The molecule has 12 aromatic carbocycles. The van der Waals surface area contributed by atoms with Gasteiger partial charge in [-0.1, -0.05) is 159 Å². The lowest BCUT2D eigenvalue weighted by Gasteiger charge is -2.35. The molecule has 0 fully saturated rings. The Morgan fingerprint density at radius 1 is 0.315 bits per heavy atom. The highest BCUT2D eigenvalue weighted by Crippen LogP contribution is 2.60. The molecule has 2 aliphatic carbocycles. The van der Waals surface area contributed by atoms with Gasteiger partial charge in [-0.2, -0.15) is 0 Å². The number of hydrogen-bond donors (Lipinski definition) is 0. The van der Waals surface area contributed by atoms with Gasteiger partial charge in [-0.25, -0.2) is 17.6 Å². The molecule has 2 unspecified atom stereocenters. The number of benzene rings is 12. The van der Waals surface area contributed by atoms with Crippen molar-refractivity contribution in [1.82, 2.24) is 0 Å². The largest absolute Gasteiger partial charge is 0.497 e. The molecule has 0 bridgehead atoms. The number of anilines is 6. The Labute approximate surface area is 532 Å². The van der Waals surface area contributed by atoms with Crippen molar-refractivity contribution in [3.8, 4) is 56.4 Å². The molecule has 0 saturated heterocycles. The second-order valence-electron chi connectivity index (χ2n) is 22.7. The van der Waals surface area contributed by atoms with Gasteiger partial charge >= 0.3 is 0 Å². The predicted octanol–water partition coefficient (Wildman–Crippen LogP) is 20.7. The molecule has 2 aliphatic rings. The summed E-state index contributed by atoms with van der Waals surface area (Å²) >= 11 is 0. The third-order valence-corrected chi connectivity index (χ3v) is 17.8. The van der Waals surface area contributed by atoms with Gasteiger partial charge < -0.3 is 28.7 Å². The highest BCUT2D eigenvalue weighted by atomic mass is 19.2. The van der Waals surface area contributed by atoms with E-state index in [1.807, 2.05) is 131 Å². The SMILES string of the molecule is C=CCOc1ccc(C2(c3ccc(OC)cc3)c3ccccc3-c3ccc(N(c4ccc(-c5ccc(N(c6ccc(F)c(F)c6)c6ccc7c(c6)C(c6ccc(OC)cc6)(c6ccc(OCC=C)cc6)c6ccccc6-7)cc5)cc4)c4ccc(F)c(F)c4)cc32)cc1. The lowest BCUT2D eigenvalue weighted by Crippen LogP contribution is -2.28. The van der Waals surface area contributed by atoms with E-state index < -0.39 is 34.1 Å². The van der Waals surface area contributed by atoms with Gasteiger partial charge in [0.1, 0.15) is 36.2 Å². The van der Waals surface area contributed by atoms with Crippen molar-refractivity contribution in [1.29, 1.82) is 0 Å². The molecular weight excluding hydrogens is 1150 g/mol. The number of fused-ring (bicyclic) bond motifs is 6. The molecule has 10 heteroatoms. The first-order valence-electron chi connectivity index (χ1n) is 30.2.